The molecule has 0 aliphatic heterocycles. The topological polar surface area (TPSA) is 55.1 Å². The molecule has 1 amide bonds. The Bertz CT molecular complexity index is 407. The quantitative estimate of drug-likeness (QED) is 0.832. The second-order valence-corrected chi connectivity index (χ2v) is 5.97. The number of hydrogen-bond acceptors (Lipinski definition) is 3. The Kier molecular flexibility index (Phi) is 6.22. The zero-order chi connectivity index (χ0) is 13.5. The van der Waals surface area contributed by atoms with E-state index in [1.165, 1.54) is 11.1 Å². The fourth-order valence-electron chi connectivity index (χ4n) is 1.55. The minimum absolute atomic E-state index is 0.0483. The third-order valence-corrected chi connectivity index (χ3v) is 4.10. The first kappa shape index (κ1) is 15.1. The summed E-state index contributed by atoms with van der Waals surface area (Å²) in [6, 6.07) is 5.96. The summed E-state index contributed by atoms with van der Waals surface area (Å²) in [7, 11) is 0. The van der Waals surface area contributed by atoms with Crippen LogP contribution in [0.5, 0.6) is 0 Å². The number of carbonyl (C=O) groups excluding carboxylic acids is 1. The Morgan fingerprint density at radius 1 is 1.39 bits per heavy atom. The van der Waals surface area contributed by atoms with Crippen LogP contribution in [0, 0.1) is 13.8 Å². The number of nitrogens with one attached hydrogen (secondary N) is 1. The molecule has 0 fully saturated rings. The molecule has 3 N–H and O–H groups in total. The van der Waals surface area contributed by atoms with Crippen molar-refractivity contribution in [2.45, 2.75) is 32.4 Å². The van der Waals surface area contributed by atoms with Crippen molar-refractivity contribution in [3.8, 4) is 0 Å². The average molecular weight is 266 g/mol. The van der Waals surface area contributed by atoms with E-state index in [4.69, 9.17) is 5.73 Å². The highest BCUT2D eigenvalue weighted by molar-refractivity contribution is 8.00. The molecule has 1 aromatic carbocycles. The van der Waals surface area contributed by atoms with Crippen molar-refractivity contribution < 1.29 is 4.79 Å². The van der Waals surface area contributed by atoms with Gasteiger partial charge in [-0.25, -0.2) is 0 Å². The number of aryl methyl sites for hydroxylation is 2. The number of carbonyl (C=O) groups is 1. The summed E-state index contributed by atoms with van der Waals surface area (Å²) < 4.78 is 0. The summed E-state index contributed by atoms with van der Waals surface area (Å²) in [4.78, 5) is 11.8. The Balaban J connectivity index is 2.42. The lowest BCUT2D eigenvalue weighted by atomic mass is 10.1. The molecule has 0 heterocycles. The van der Waals surface area contributed by atoms with Gasteiger partial charge in [-0.3, -0.25) is 4.79 Å². The predicted molar refractivity (Wildman–Crippen MR) is 80.1 cm³/mol. The molecule has 1 aromatic rings. The van der Waals surface area contributed by atoms with Gasteiger partial charge in [0.1, 0.15) is 0 Å². The molecule has 0 radical (unpaired) electrons. The van der Waals surface area contributed by atoms with Gasteiger partial charge in [-0.1, -0.05) is 13.0 Å². The second-order valence-electron chi connectivity index (χ2n) is 4.55. The van der Waals surface area contributed by atoms with Gasteiger partial charge >= 0.3 is 0 Å². The Morgan fingerprint density at radius 3 is 2.72 bits per heavy atom. The summed E-state index contributed by atoms with van der Waals surface area (Å²) in [5.41, 5.74) is 8.77. The summed E-state index contributed by atoms with van der Waals surface area (Å²) >= 11 is 1.64. The maximum Gasteiger partial charge on any atom is 0.234 e. The zero-order valence-corrected chi connectivity index (χ0v) is 12.1. The van der Waals surface area contributed by atoms with Crippen LogP contribution in [0.25, 0.3) is 0 Å². The van der Waals surface area contributed by atoms with E-state index in [1.807, 2.05) is 25.1 Å². The highest BCUT2D eigenvalue weighted by atomic mass is 32.2. The monoisotopic (exact) mass is 266 g/mol. The molecule has 4 heteroatoms. The minimum atomic E-state index is 0.0483. The summed E-state index contributed by atoms with van der Waals surface area (Å²) in [5.74, 6) is 0.529. The molecule has 0 aliphatic carbocycles. The van der Waals surface area contributed by atoms with Crippen molar-refractivity contribution in [3.05, 3.63) is 29.3 Å². The van der Waals surface area contributed by atoms with E-state index in [0.717, 1.165) is 12.1 Å². The van der Waals surface area contributed by atoms with E-state index >= 15 is 0 Å². The van der Waals surface area contributed by atoms with Crippen LogP contribution < -0.4 is 11.1 Å². The molecule has 18 heavy (non-hydrogen) atoms. The van der Waals surface area contributed by atoms with Gasteiger partial charge in [-0.05, 0) is 50.1 Å². The SMILES string of the molecule is Cc1ccc(NC(=O)CSC(C)CCN)cc1C. The van der Waals surface area contributed by atoms with Crippen molar-refractivity contribution >= 4 is 23.4 Å². The fourth-order valence-corrected chi connectivity index (χ4v) is 2.36. The lowest BCUT2D eigenvalue weighted by Gasteiger charge is -2.10. The highest BCUT2D eigenvalue weighted by Gasteiger charge is 2.07. The van der Waals surface area contributed by atoms with Crippen LogP contribution in [-0.2, 0) is 4.79 Å². The lowest BCUT2D eigenvalue weighted by molar-refractivity contribution is -0.113. The van der Waals surface area contributed by atoms with Gasteiger partial charge in [0.2, 0.25) is 5.91 Å². The van der Waals surface area contributed by atoms with Gasteiger partial charge in [-0.2, -0.15) is 0 Å². The van der Waals surface area contributed by atoms with Crippen molar-refractivity contribution in [2.24, 2.45) is 5.73 Å². The molecule has 0 aliphatic rings. The number of rotatable bonds is 6. The molecule has 0 saturated heterocycles. The first-order valence-electron chi connectivity index (χ1n) is 6.21. The highest BCUT2D eigenvalue weighted by Crippen LogP contribution is 2.16. The molecule has 0 bridgehead atoms. The van der Waals surface area contributed by atoms with Crippen molar-refractivity contribution in [3.63, 3.8) is 0 Å². The van der Waals surface area contributed by atoms with E-state index in [0.29, 0.717) is 17.5 Å². The van der Waals surface area contributed by atoms with Gasteiger partial charge in [0, 0.05) is 10.9 Å². The van der Waals surface area contributed by atoms with Gasteiger partial charge < -0.3 is 11.1 Å². The van der Waals surface area contributed by atoms with Crippen molar-refractivity contribution in [1.29, 1.82) is 0 Å². The standard InChI is InChI=1S/C14H22N2OS/c1-10-4-5-13(8-11(10)2)16-14(17)9-18-12(3)6-7-15/h4-5,8,12H,6-7,9,15H2,1-3H3,(H,16,17). The molecule has 0 aromatic heterocycles. The number of nitrogens with two attached hydrogens (primary N) is 1. The van der Waals surface area contributed by atoms with Gasteiger partial charge in [0.15, 0.2) is 0 Å². The van der Waals surface area contributed by atoms with Gasteiger partial charge in [0.25, 0.3) is 0 Å². The molecule has 0 spiro atoms. The van der Waals surface area contributed by atoms with E-state index < -0.39 is 0 Å². The number of anilines is 1. The van der Waals surface area contributed by atoms with Gasteiger partial charge in [0.05, 0.1) is 5.75 Å². The van der Waals surface area contributed by atoms with Crippen LogP contribution >= 0.6 is 11.8 Å². The van der Waals surface area contributed by atoms with Gasteiger partial charge in [-0.15, -0.1) is 11.8 Å². The normalized spacial score (nSPS) is 12.2. The van der Waals surface area contributed by atoms with Crippen LogP contribution in [-0.4, -0.2) is 23.5 Å². The third-order valence-electron chi connectivity index (χ3n) is 2.86. The number of hydrogen-bond donors (Lipinski definition) is 2. The molecule has 1 atom stereocenters. The zero-order valence-electron chi connectivity index (χ0n) is 11.3. The lowest BCUT2D eigenvalue weighted by Crippen LogP contribution is -2.17. The van der Waals surface area contributed by atoms with Crippen LogP contribution in [0.4, 0.5) is 5.69 Å². The van der Waals surface area contributed by atoms with E-state index in [-0.39, 0.29) is 5.91 Å². The Labute approximate surface area is 114 Å². The van der Waals surface area contributed by atoms with Crippen molar-refractivity contribution in [2.75, 3.05) is 17.6 Å². The minimum Gasteiger partial charge on any atom is -0.330 e. The number of benzene rings is 1. The molecular weight excluding hydrogens is 244 g/mol. The van der Waals surface area contributed by atoms with E-state index in [9.17, 15) is 4.79 Å². The molecular formula is C14H22N2OS. The fraction of sp³-hybridized carbons (Fsp3) is 0.500. The first-order valence-corrected chi connectivity index (χ1v) is 7.26. The summed E-state index contributed by atoms with van der Waals surface area (Å²) in [6.45, 7) is 6.88. The molecule has 1 rings (SSSR count). The smallest absolute Gasteiger partial charge is 0.234 e. The first-order chi connectivity index (χ1) is 8.52. The molecule has 3 nitrogen and oxygen atoms in total. The van der Waals surface area contributed by atoms with Crippen LogP contribution in [0.15, 0.2) is 18.2 Å². The Hall–Kier alpha value is -1.00. The number of thioether (sulfide) groups is 1. The summed E-state index contributed by atoms with van der Waals surface area (Å²) in [5, 5.41) is 3.35. The molecule has 0 saturated carbocycles. The summed E-state index contributed by atoms with van der Waals surface area (Å²) in [6.07, 6.45) is 0.946. The Morgan fingerprint density at radius 2 is 2.11 bits per heavy atom. The van der Waals surface area contributed by atoms with Crippen LogP contribution in [0.1, 0.15) is 24.5 Å². The predicted octanol–water partition coefficient (Wildman–Crippen LogP) is 2.71. The average Bonchev–Trinajstić information content (AvgIpc) is 2.32. The maximum absolute atomic E-state index is 11.8. The van der Waals surface area contributed by atoms with Crippen LogP contribution in [0.3, 0.4) is 0 Å². The van der Waals surface area contributed by atoms with E-state index in [1.54, 1.807) is 11.8 Å². The molecule has 100 valence electrons. The van der Waals surface area contributed by atoms with Crippen molar-refractivity contribution in [1.82, 2.24) is 0 Å². The third kappa shape index (κ3) is 5.10. The second kappa shape index (κ2) is 7.44. The number of amides is 1. The van der Waals surface area contributed by atoms with Crippen LogP contribution in [0.2, 0.25) is 0 Å². The van der Waals surface area contributed by atoms with E-state index in [2.05, 4.69) is 19.2 Å². The largest absolute Gasteiger partial charge is 0.330 e. The maximum atomic E-state index is 11.8. The molecule has 1 unspecified atom stereocenters.